The van der Waals surface area contributed by atoms with Crippen LogP contribution in [0, 0.1) is 0 Å². The molecule has 0 spiro atoms. The average Bonchev–Trinajstić information content (AvgIpc) is 3.49. The minimum atomic E-state index is 0.247. The van der Waals surface area contributed by atoms with Gasteiger partial charge in [-0.1, -0.05) is 48.9 Å². The fraction of sp³-hybridized carbons (Fsp3) is 0.323. The molecule has 0 aromatic heterocycles. The van der Waals surface area contributed by atoms with E-state index in [0.29, 0.717) is 6.42 Å². The van der Waals surface area contributed by atoms with Crippen molar-refractivity contribution >= 4 is 17.4 Å². The first-order valence-corrected chi connectivity index (χ1v) is 12.9. The summed E-state index contributed by atoms with van der Waals surface area (Å²) in [6.07, 6.45) is 8.88. The number of unbranched alkanes of at least 4 members (excludes halogenated alkanes) is 1. The Kier molecular flexibility index (Phi) is 6.13. The van der Waals surface area contributed by atoms with E-state index in [4.69, 9.17) is 9.47 Å². The lowest BCUT2D eigenvalue weighted by molar-refractivity contribution is 0.0977. The van der Waals surface area contributed by atoms with Crippen LogP contribution in [0.2, 0.25) is 0 Å². The molecule has 0 N–H and O–H groups in total. The summed E-state index contributed by atoms with van der Waals surface area (Å²) in [4.78, 5) is 15.6. The van der Waals surface area contributed by atoms with Crippen molar-refractivity contribution < 1.29 is 14.3 Å². The molecular weight excluding hydrogens is 434 g/mol. The van der Waals surface area contributed by atoms with Gasteiger partial charge in [0.25, 0.3) is 0 Å². The third-order valence-corrected chi connectivity index (χ3v) is 7.42. The molecule has 35 heavy (non-hydrogen) atoms. The molecule has 178 valence electrons. The molecule has 2 aliphatic heterocycles. The van der Waals surface area contributed by atoms with E-state index in [1.165, 1.54) is 54.6 Å². The molecule has 1 aliphatic carbocycles. The van der Waals surface area contributed by atoms with E-state index in [1.807, 2.05) is 18.2 Å². The van der Waals surface area contributed by atoms with Crippen molar-refractivity contribution in [3.8, 4) is 22.6 Å². The normalized spacial score (nSPS) is 17.4. The Morgan fingerprint density at radius 1 is 0.800 bits per heavy atom. The summed E-state index contributed by atoms with van der Waals surface area (Å²) < 4.78 is 11.0. The number of carbonyl (C=O) groups excluding carboxylic acids is 1. The van der Waals surface area contributed by atoms with E-state index in [-0.39, 0.29) is 12.6 Å². The fourth-order valence-electron chi connectivity index (χ4n) is 5.55. The van der Waals surface area contributed by atoms with Crippen LogP contribution in [0.5, 0.6) is 11.5 Å². The van der Waals surface area contributed by atoms with Gasteiger partial charge < -0.3 is 14.4 Å². The van der Waals surface area contributed by atoms with Crippen molar-refractivity contribution in [1.29, 1.82) is 0 Å². The van der Waals surface area contributed by atoms with E-state index >= 15 is 0 Å². The topological polar surface area (TPSA) is 38.8 Å². The molecule has 6 rings (SSSR count). The first kappa shape index (κ1) is 22.1. The second-order valence-corrected chi connectivity index (χ2v) is 9.76. The van der Waals surface area contributed by atoms with Gasteiger partial charge in [-0.05, 0) is 103 Å². The highest BCUT2D eigenvalue weighted by atomic mass is 16.7. The fourth-order valence-corrected chi connectivity index (χ4v) is 5.55. The molecule has 3 aliphatic rings. The second kappa shape index (κ2) is 9.71. The lowest BCUT2D eigenvalue weighted by Gasteiger charge is -2.26. The average molecular weight is 466 g/mol. The van der Waals surface area contributed by atoms with E-state index in [9.17, 15) is 4.79 Å². The molecule has 0 unspecified atom stereocenters. The zero-order chi connectivity index (χ0) is 23.6. The maximum Gasteiger partial charge on any atom is 0.231 e. The summed E-state index contributed by atoms with van der Waals surface area (Å²) in [6.45, 7) is 3.84. The van der Waals surface area contributed by atoms with Crippen LogP contribution in [0.25, 0.3) is 22.8 Å². The smallest absolute Gasteiger partial charge is 0.231 e. The Bertz CT molecular complexity index is 1290. The number of nitrogens with zero attached hydrogens (tertiary/aromatic N) is 1. The van der Waals surface area contributed by atoms with Crippen LogP contribution in [0.15, 0.2) is 60.7 Å². The maximum absolute atomic E-state index is 13.0. The van der Waals surface area contributed by atoms with Gasteiger partial charge in [0.2, 0.25) is 6.79 Å². The Labute approximate surface area is 207 Å². The number of ketones is 1. The summed E-state index contributed by atoms with van der Waals surface area (Å²) in [5.41, 5.74) is 7.77. The van der Waals surface area contributed by atoms with Gasteiger partial charge in [-0.15, -0.1) is 0 Å². The van der Waals surface area contributed by atoms with Crippen molar-refractivity contribution in [3.05, 3.63) is 82.9 Å². The minimum Gasteiger partial charge on any atom is -0.454 e. The van der Waals surface area contributed by atoms with E-state index < -0.39 is 0 Å². The van der Waals surface area contributed by atoms with Gasteiger partial charge in [0.05, 0.1) is 0 Å². The van der Waals surface area contributed by atoms with Gasteiger partial charge in [0.15, 0.2) is 17.3 Å². The molecule has 3 aromatic rings. The number of fused-ring (bicyclic) bond motifs is 4. The molecule has 0 atom stereocenters. The second-order valence-electron chi connectivity index (χ2n) is 9.76. The number of ether oxygens (including phenoxy) is 2. The first-order chi connectivity index (χ1) is 17.3. The number of piperidine rings is 1. The van der Waals surface area contributed by atoms with E-state index in [1.54, 1.807) is 0 Å². The van der Waals surface area contributed by atoms with E-state index in [0.717, 1.165) is 47.6 Å². The van der Waals surface area contributed by atoms with Crippen molar-refractivity contribution in [2.45, 2.75) is 38.5 Å². The molecule has 0 radical (unpaired) electrons. The van der Waals surface area contributed by atoms with Gasteiger partial charge >= 0.3 is 0 Å². The number of likely N-dealkylation sites (tertiary alicyclic amines) is 1. The summed E-state index contributed by atoms with van der Waals surface area (Å²) in [5, 5.41) is 0. The molecule has 2 heterocycles. The van der Waals surface area contributed by atoms with E-state index in [2.05, 4.69) is 53.4 Å². The van der Waals surface area contributed by atoms with Gasteiger partial charge in [0, 0.05) is 12.0 Å². The number of carbonyl (C=O) groups is 1. The minimum absolute atomic E-state index is 0.247. The molecule has 1 saturated heterocycles. The lowest BCUT2D eigenvalue weighted by Crippen LogP contribution is -2.30. The third kappa shape index (κ3) is 4.51. The van der Waals surface area contributed by atoms with Crippen LogP contribution in [-0.2, 0) is 0 Å². The number of benzene rings is 3. The SMILES string of the molecule is O=C(CCCCN1CCCCC1)c1ccc2c(c1)-c1ccccc1C2=Cc1ccc2c(c1)OCO2. The van der Waals surface area contributed by atoms with Crippen molar-refractivity contribution in [2.75, 3.05) is 26.4 Å². The number of rotatable bonds is 7. The van der Waals surface area contributed by atoms with Crippen molar-refractivity contribution in [2.24, 2.45) is 0 Å². The zero-order valence-electron chi connectivity index (χ0n) is 20.1. The predicted octanol–water partition coefficient (Wildman–Crippen LogP) is 6.82. The maximum atomic E-state index is 13.0. The molecular formula is C31H31NO3. The van der Waals surface area contributed by atoms with Crippen LogP contribution < -0.4 is 9.47 Å². The van der Waals surface area contributed by atoms with Gasteiger partial charge in [-0.25, -0.2) is 0 Å². The monoisotopic (exact) mass is 465 g/mol. The molecule has 4 nitrogen and oxygen atoms in total. The zero-order valence-corrected chi connectivity index (χ0v) is 20.1. The van der Waals surface area contributed by atoms with Gasteiger partial charge in [-0.2, -0.15) is 0 Å². The van der Waals surface area contributed by atoms with Crippen LogP contribution >= 0.6 is 0 Å². The molecule has 3 aromatic carbocycles. The Morgan fingerprint density at radius 3 is 2.49 bits per heavy atom. The third-order valence-electron chi connectivity index (χ3n) is 7.42. The van der Waals surface area contributed by atoms with Crippen molar-refractivity contribution in [3.63, 3.8) is 0 Å². The Morgan fingerprint density at radius 2 is 1.60 bits per heavy atom. The molecule has 0 saturated carbocycles. The van der Waals surface area contributed by atoms with Crippen LogP contribution in [0.4, 0.5) is 0 Å². The summed E-state index contributed by atoms with van der Waals surface area (Å²) in [6, 6.07) is 20.7. The highest BCUT2D eigenvalue weighted by Gasteiger charge is 2.24. The highest BCUT2D eigenvalue weighted by molar-refractivity contribution is 6.08. The largest absolute Gasteiger partial charge is 0.454 e. The quantitative estimate of drug-likeness (QED) is 0.222. The predicted molar refractivity (Wildman–Crippen MR) is 140 cm³/mol. The van der Waals surface area contributed by atoms with Crippen molar-refractivity contribution in [1.82, 2.24) is 4.90 Å². The molecule has 0 amide bonds. The molecule has 0 bridgehead atoms. The molecule has 4 heteroatoms. The van der Waals surface area contributed by atoms with Gasteiger partial charge in [0.1, 0.15) is 0 Å². The number of Topliss-reactive ketones (excluding diaryl/α,β-unsaturated/α-hetero) is 1. The summed E-state index contributed by atoms with van der Waals surface area (Å²) in [7, 11) is 0. The van der Waals surface area contributed by atoms with Gasteiger partial charge in [-0.3, -0.25) is 4.79 Å². The van der Waals surface area contributed by atoms with Crippen LogP contribution in [0.1, 0.15) is 65.6 Å². The Hall–Kier alpha value is -3.37. The summed E-state index contributed by atoms with van der Waals surface area (Å²) >= 11 is 0. The standard InChI is InChI=1S/C31H31NO3/c33-29(10-4-7-17-32-15-5-1-6-16-32)23-12-13-26-27(24-8-2-3-9-25(24)28(26)20-23)18-22-11-14-30-31(19-22)35-21-34-30/h2-3,8-9,11-14,18-20H,1,4-7,10,15-17,21H2. The van der Waals surface area contributed by atoms with Crippen LogP contribution in [0.3, 0.4) is 0 Å². The number of hydrogen-bond donors (Lipinski definition) is 0. The highest BCUT2D eigenvalue weighted by Crippen LogP contribution is 2.46. The first-order valence-electron chi connectivity index (χ1n) is 12.9. The summed E-state index contributed by atoms with van der Waals surface area (Å²) in [5.74, 6) is 1.82. The molecule has 1 fully saturated rings. The lowest BCUT2D eigenvalue weighted by atomic mass is 9.97. The van der Waals surface area contributed by atoms with Crippen LogP contribution in [-0.4, -0.2) is 37.1 Å². The Balaban J connectivity index is 1.21. The number of hydrogen-bond acceptors (Lipinski definition) is 4.